The predicted octanol–water partition coefficient (Wildman–Crippen LogP) is 1.69. The van der Waals surface area contributed by atoms with Gasteiger partial charge in [-0.05, 0) is 18.4 Å². The van der Waals surface area contributed by atoms with Crippen molar-refractivity contribution in [2.45, 2.75) is 18.3 Å². The summed E-state index contributed by atoms with van der Waals surface area (Å²) in [6.07, 6.45) is 2.42. The van der Waals surface area contributed by atoms with Crippen molar-refractivity contribution in [2.75, 3.05) is 19.8 Å². The third kappa shape index (κ3) is 1.25. The van der Waals surface area contributed by atoms with Gasteiger partial charge in [-0.15, -0.1) is 0 Å². The summed E-state index contributed by atoms with van der Waals surface area (Å²) in [5.41, 5.74) is 7.82. The highest BCUT2D eigenvalue weighted by molar-refractivity contribution is 5.32. The summed E-state index contributed by atoms with van der Waals surface area (Å²) < 4.78 is 5.70. The van der Waals surface area contributed by atoms with Crippen LogP contribution in [0.15, 0.2) is 30.3 Å². The first kappa shape index (κ1) is 9.37. The highest BCUT2D eigenvalue weighted by Gasteiger charge is 2.57. The summed E-state index contributed by atoms with van der Waals surface area (Å²) in [5, 5.41) is 0. The largest absolute Gasteiger partial charge is 0.380 e. The Morgan fingerprint density at radius 2 is 1.87 bits per heavy atom. The van der Waals surface area contributed by atoms with Crippen LogP contribution in [0.25, 0.3) is 0 Å². The average molecular weight is 203 g/mol. The molecule has 3 aliphatic rings. The van der Waals surface area contributed by atoms with Gasteiger partial charge in [-0.2, -0.15) is 0 Å². The van der Waals surface area contributed by atoms with Gasteiger partial charge in [-0.25, -0.2) is 0 Å². The Morgan fingerprint density at radius 3 is 2.53 bits per heavy atom. The van der Waals surface area contributed by atoms with Gasteiger partial charge < -0.3 is 10.5 Å². The van der Waals surface area contributed by atoms with Crippen molar-refractivity contribution in [3.63, 3.8) is 0 Å². The fraction of sp³-hybridized carbons (Fsp3) is 0.538. The molecule has 2 saturated heterocycles. The number of hydrogen-bond donors (Lipinski definition) is 1. The van der Waals surface area contributed by atoms with Crippen LogP contribution >= 0.6 is 0 Å². The minimum absolute atomic E-state index is 0.277. The quantitative estimate of drug-likeness (QED) is 0.794. The normalized spacial score (nSPS) is 38.5. The maximum Gasteiger partial charge on any atom is 0.0563 e. The smallest absolute Gasteiger partial charge is 0.0563 e. The molecule has 2 N–H and O–H groups in total. The van der Waals surface area contributed by atoms with Gasteiger partial charge in [0, 0.05) is 17.4 Å². The van der Waals surface area contributed by atoms with E-state index in [1.54, 1.807) is 0 Å². The van der Waals surface area contributed by atoms with E-state index in [0.29, 0.717) is 0 Å². The molecule has 2 heteroatoms. The van der Waals surface area contributed by atoms with Gasteiger partial charge in [0.15, 0.2) is 0 Å². The van der Waals surface area contributed by atoms with Crippen LogP contribution in [0.5, 0.6) is 0 Å². The monoisotopic (exact) mass is 203 g/mol. The topological polar surface area (TPSA) is 35.2 Å². The average Bonchev–Trinajstić information content (AvgIpc) is 2.29. The van der Waals surface area contributed by atoms with Gasteiger partial charge >= 0.3 is 0 Å². The summed E-state index contributed by atoms with van der Waals surface area (Å²) in [6.45, 7) is 2.50. The first-order valence-corrected chi connectivity index (χ1v) is 5.62. The van der Waals surface area contributed by atoms with Gasteiger partial charge in [0.25, 0.3) is 0 Å². The molecule has 0 aromatic heterocycles. The molecule has 0 atom stereocenters. The Bertz CT molecular complexity index is 354. The van der Waals surface area contributed by atoms with E-state index < -0.39 is 0 Å². The predicted molar refractivity (Wildman–Crippen MR) is 59.7 cm³/mol. The van der Waals surface area contributed by atoms with Crippen LogP contribution in [0, 0.1) is 5.41 Å². The highest BCUT2D eigenvalue weighted by Crippen LogP contribution is 2.58. The van der Waals surface area contributed by atoms with Crippen LogP contribution in [-0.2, 0) is 10.2 Å². The zero-order valence-corrected chi connectivity index (χ0v) is 8.91. The first-order chi connectivity index (χ1) is 7.29. The van der Waals surface area contributed by atoms with Crippen LogP contribution in [0.1, 0.15) is 18.4 Å². The van der Waals surface area contributed by atoms with E-state index in [1.165, 1.54) is 18.4 Å². The molecule has 2 bridgehead atoms. The maximum absolute atomic E-state index is 5.83. The van der Waals surface area contributed by atoms with Crippen LogP contribution < -0.4 is 5.73 Å². The number of fused-ring (bicyclic) bond motifs is 2. The third-order valence-electron chi connectivity index (χ3n) is 4.03. The Morgan fingerprint density at radius 1 is 1.13 bits per heavy atom. The number of nitrogens with two attached hydrogens (primary N) is 1. The van der Waals surface area contributed by atoms with E-state index in [1.807, 2.05) is 0 Å². The van der Waals surface area contributed by atoms with Crippen LogP contribution in [0.4, 0.5) is 0 Å². The molecule has 0 amide bonds. The molecule has 3 fully saturated rings. The molecule has 1 aliphatic carbocycles. The van der Waals surface area contributed by atoms with Gasteiger partial charge in [0.1, 0.15) is 0 Å². The number of ether oxygens (including phenoxy) is 1. The van der Waals surface area contributed by atoms with E-state index in [0.717, 1.165) is 19.8 Å². The maximum atomic E-state index is 5.83. The molecule has 0 spiro atoms. The minimum atomic E-state index is 0.277. The Kier molecular flexibility index (Phi) is 1.91. The first-order valence-electron chi connectivity index (χ1n) is 5.62. The van der Waals surface area contributed by atoms with E-state index in [4.69, 9.17) is 10.5 Å². The molecular formula is C13H17NO. The lowest BCUT2D eigenvalue weighted by molar-refractivity contribution is -0.147. The van der Waals surface area contributed by atoms with Crippen LogP contribution in [0.2, 0.25) is 0 Å². The van der Waals surface area contributed by atoms with Crippen LogP contribution in [-0.4, -0.2) is 19.8 Å². The van der Waals surface area contributed by atoms with Crippen molar-refractivity contribution in [1.82, 2.24) is 0 Å². The van der Waals surface area contributed by atoms with Crippen molar-refractivity contribution in [3.8, 4) is 0 Å². The van der Waals surface area contributed by atoms with Crippen molar-refractivity contribution < 1.29 is 4.74 Å². The van der Waals surface area contributed by atoms with Crippen molar-refractivity contribution in [3.05, 3.63) is 35.9 Å². The van der Waals surface area contributed by atoms with Gasteiger partial charge in [-0.3, -0.25) is 0 Å². The molecule has 1 aromatic carbocycles. The summed E-state index contributed by atoms with van der Waals surface area (Å²) in [4.78, 5) is 0. The molecule has 0 unspecified atom stereocenters. The van der Waals surface area contributed by atoms with E-state index in [2.05, 4.69) is 30.3 Å². The Labute approximate surface area is 90.4 Å². The van der Waals surface area contributed by atoms with Crippen molar-refractivity contribution in [2.24, 2.45) is 11.1 Å². The summed E-state index contributed by atoms with van der Waals surface area (Å²) >= 11 is 0. The van der Waals surface area contributed by atoms with E-state index in [9.17, 15) is 0 Å². The molecule has 1 aromatic rings. The molecule has 2 nitrogen and oxygen atoms in total. The second kappa shape index (κ2) is 3.06. The SMILES string of the molecule is NCC12COCC(c3ccccc3)(C1)C2. The van der Waals surface area contributed by atoms with E-state index >= 15 is 0 Å². The standard InChI is InChI=1S/C13H17NO/c14-8-12-6-13(7-12,10-15-9-12)11-4-2-1-3-5-11/h1-5H,6-10,14H2. The van der Waals surface area contributed by atoms with Gasteiger partial charge in [-0.1, -0.05) is 30.3 Å². The molecular weight excluding hydrogens is 186 g/mol. The number of benzene rings is 1. The lowest BCUT2D eigenvalue weighted by atomic mass is 9.49. The van der Waals surface area contributed by atoms with Gasteiger partial charge in [0.05, 0.1) is 13.2 Å². The lowest BCUT2D eigenvalue weighted by Crippen LogP contribution is -2.62. The fourth-order valence-corrected chi connectivity index (χ4v) is 3.33. The van der Waals surface area contributed by atoms with Crippen molar-refractivity contribution in [1.29, 1.82) is 0 Å². The summed E-state index contributed by atoms with van der Waals surface area (Å²) in [5.74, 6) is 0. The fourth-order valence-electron chi connectivity index (χ4n) is 3.33. The second-order valence-electron chi connectivity index (χ2n) is 5.20. The molecule has 1 saturated carbocycles. The van der Waals surface area contributed by atoms with E-state index in [-0.39, 0.29) is 10.8 Å². The number of rotatable bonds is 2. The molecule has 15 heavy (non-hydrogen) atoms. The minimum Gasteiger partial charge on any atom is -0.380 e. The second-order valence-corrected chi connectivity index (χ2v) is 5.20. The summed E-state index contributed by atoms with van der Waals surface area (Å²) in [6, 6.07) is 10.7. The van der Waals surface area contributed by atoms with Crippen molar-refractivity contribution >= 4 is 0 Å². The molecule has 2 aliphatic heterocycles. The third-order valence-corrected chi connectivity index (χ3v) is 4.03. The molecule has 80 valence electrons. The lowest BCUT2D eigenvalue weighted by Gasteiger charge is -2.60. The van der Waals surface area contributed by atoms with Crippen LogP contribution in [0.3, 0.4) is 0 Å². The molecule has 0 radical (unpaired) electrons. The molecule has 2 heterocycles. The zero-order chi connectivity index (χ0) is 10.4. The Balaban J connectivity index is 1.89. The zero-order valence-electron chi connectivity index (χ0n) is 8.91. The molecule has 4 rings (SSSR count). The van der Waals surface area contributed by atoms with Gasteiger partial charge in [0.2, 0.25) is 0 Å². The Hall–Kier alpha value is -0.860. The highest BCUT2D eigenvalue weighted by atomic mass is 16.5. The number of hydrogen-bond acceptors (Lipinski definition) is 2. The summed E-state index contributed by atoms with van der Waals surface area (Å²) in [7, 11) is 0.